The molecule has 3 aliphatic rings. The number of hydrogen-bond donors (Lipinski definition) is 1. The van der Waals surface area contributed by atoms with E-state index in [1.807, 2.05) is 11.7 Å². The summed E-state index contributed by atoms with van der Waals surface area (Å²) in [6, 6.07) is 15.1. The van der Waals surface area contributed by atoms with Crippen LogP contribution in [0.2, 0.25) is 0 Å². The van der Waals surface area contributed by atoms with Crippen LogP contribution in [0, 0.1) is 0 Å². The standard InChI is InChI=1S/C30H37BN4O4/c1-29(2)30(3,4)39-31(38-29)21-7-9-22(10-8-21)35-16-14-19(15-17-35)20-6-11-23-25(18-20)34(5)33-27(23)24-12-13-26(36)32-28(24)37/h6-11,18-19,24H,12-17H2,1-5H3,(H,32,36,37). The highest BCUT2D eigenvalue weighted by molar-refractivity contribution is 6.62. The Labute approximate surface area is 230 Å². The molecule has 1 N–H and O–H groups in total. The number of rotatable bonds is 4. The summed E-state index contributed by atoms with van der Waals surface area (Å²) < 4.78 is 14.3. The van der Waals surface area contributed by atoms with E-state index in [9.17, 15) is 9.59 Å². The van der Waals surface area contributed by atoms with Gasteiger partial charge in [-0.1, -0.05) is 24.3 Å². The maximum Gasteiger partial charge on any atom is 0.494 e. The largest absolute Gasteiger partial charge is 0.494 e. The average molecular weight is 528 g/mol. The van der Waals surface area contributed by atoms with Crippen LogP contribution < -0.4 is 15.7 Å². The van der Waals surface area contributed by atoms with E-state index in [4.69, 9.17) is 14.4 Å². The van der Waals surface area contributed by atoms with Crippen molar-refractivity contribution in [2.45, 2.75) is 76.4 Å². The fourth-order valence-electron chi connectivity index (χ4n) is 6.06. The number of benzene rings is 2. The van der Waals surface area contributed by atoms with Crippen molar-refractivity contribution in [3.63, 3.8) is 0 Å². The van der Waals surface area contributed by atoms with Gasteiger partial charge in [-0.3, -0.25) is 19.6 Å². The monoisotopic (exact) mass is 528 g/mol. The second kappa shape index (κ2) is 9.49. The van der Waals surface area contributed by atoms with E-state index < -0.39 is 0 Å². The number of fused-ring (bicyclic) bond motifs is 1. The van der Waals surface area contributed by atoms with Gasteiger partial charge in [-0.05, 0) is 82.1 Å². The number of imide groups is 1. The van der Waals surface area contributed by atoms with Crippen LogP contribution in [0.1, 0.15) is 76.5 Å². The highest BCUT2D eigenvalue weighted by Crippen LogP contribution is 2.37. The maximum absolute atomic E-state index is 12.5. The van der Waals surface area contributed by atoms with Gasteiger partial charge in [-0.15, -0.1) is 0 Å². The van der Waals surface area contributed by atoms with E-state index in [0.717, 1.165) is 48.0 Å². The number of nitrogens with zero attached hydrogens (tertiary/aromatic N) is 3. The average Bonchev–Trinajstić information content (AvgIpc) is 3.35. The molecule has 3 fully saturated rings. The van der Waals surface area contributed by atoms with Gasteiger partial charge in [-0.25, -0.2) is 0 Å². The molecule has 0 aliphatic carbocycles. The normalized spacial score (nSPS) is 23.5. The molecule has 0 bridgehead atoms. The zero-order valence-corrected chi connectivity index (χ0v) is 23.5. The van der Waals surface area contributed by atoms with Crippen LogP contribution in [-0.4, -0.2) is 53.0 Å². The molecule has 3 aromatic rings. The molecular weight excluding hydrogens is 491 g/mol. The van der Waals surface area contributed by atoms with Gasteiger partial charge in [0, 0.05) is 37.6 Å². The Balaban J connectivity index is 1.12. The number of aryl methyl sites for hydroxylation is 1. The van der Waals surface area contributed by atoms with Crippen LogP contribution >= 0.6 is 0 Å². The third-order valence-electron chi connectivity index (χ3n) is 9.22. The summed E-state index contributed by atoms with van der Waals surface area (Å²) in [7, 11) is 1.59. The molecule has 2 aromatic carbocycles. The Morgan fingerprint density at radius 2 is 1.62 bits per heavy atom. The zero-order valence-electron chi connectivity index (χ0n) is 23.5. The van der Waals surface area contributed by atoms with E-state index in [-0.39, 0.29) is 36.1 Å². The lowest BCUT2D eigenvalue weighted by molar-refractivity contribution is -0.134. The summed E-state index contributed by atoms with van der Waals surface area (Å²) in [6.45, 7) is 10.3. The van der Waals surface area contributed by atoms with E-state index >= 15 is 0 Å². The summed E-state index contributed by atoms with van der Waals surface area (Å²) in [4.78, 5) is 26.5. The third-order valence-corrected chi connectivity index (χ3v) is 9.22. The predicted molar refractivity (Wildman–Crippen MR) is 152 cm³/mol. The Morgan fingerprint density at radius 3 is 2.26 bits per heavy atom. The molecule has 9 heteroatoms. The fraction of sp³-hybridized carbons (Fsp3) is 0.500. The second-order valence-corrected chi connectivity index (χ2v) is 12.2. The van der Waals surface area contributed by atoms with Crippen molar-refractivity contribution in [3.8, 4) is 0 Å². The van der Waals surface area contributed by atoms with Crippen LogP contribution in [0.5, 0.6) is 0 Å². The molecule has 2 amide bonds. The van der Waals surface area contributed by atoms with Gasteiger partial charge in [0.1, 0.15) is 0 Å². The van der Waals surface area contributed by atoms with Crippen molar-refractivity contribution in [1.29, 1.82) is 0 Å². The summed E-state index contributed by atoms with van der Waals surface area (Å²) in [6.07, 6.45) is 3.01. The molecule has 3 saturated heterocycles. The highest BCUT2D eigenvalue weighted by Gasteiger charge is 2.51. The molecule has 8 nitrogen and oxygen atoms in total. The Morgan fingerprint density at radius 1 is 0.949 bits per heavy atom. The minimum absolute atomic E-state index is 0.203. The van der Waals surface area contributed by atoms with Gasteiger partial charge in [0.2, 0.25) is 11.8 Å². The van der Waals surface area contributed by atoms with E-state index in [2.05, 4.69) is 80.4 Å². The lowest BCUT2D eigenvalue weighted by Crippen LogP contribution is -2.41. The quantitative estimate of drug-likeness (QED) is 0.410. The molecule has 1 atom stereocenters. The first-order chi connectivity index (χ1) is 18.5. The molecule has 0 radical (unpaired) electrons. The van der Waals surface area contributed by atoms with Crippen LogP contribution in [0.25, 0.3) is 10.9 Å². The summed E-state index contributed by atoms with van der Waals surface area (Å²) in [5.41, 5.74) is 4.71. The SMILES string of the molecule is Cn1nc(C2CCC(=O)NC2=O)c2ccc(C3CCN(c4ccc(B5OC(C)(C)C(C)(C)O5)cc4)CC3)cc21. The van der Waals surface area contributed by atoms with Crippen LogP contribution in [0.15, 0.2) is 42.5 Å². The third kappa shape index (κ3) is 4.65. The van der Waals surface area contributed by atoms with Crippen molar-refractivity contribution in [1.82, 2.24) is 15.1 Å². The Hall–Kier alpha value is -3.17. The number of carbonyl (C=O) groups excluding carboxylic acids is 2. The first kappa shape index (κ1) is 26.1. The fourth-order valence-corrected chi connectivity index (χ4v) is 6.06. The number of anilines is 1. The molecule has 0 spiro atoms. The first-order valence-corrected chi connectivity index (χ1v) is 14.0. The molecule has 0 saturated carbocycles. The lowest BCUT2D eigenvalue weighted by Gasteiger charge is -2.34. The van der Waals surface area contributed by atoms with Crippen LogP contribution in [0.3, 0.4) is 0 Å². The number of aromatic nitrogens is 2. The van der Waals surface area contributed by atoms with Gasteiger partial charge in [0.25, 0.3) is 0 Å². The summed E-state index contributed by atoms with van der Waals surface area (Å²) >= 11 is 0. The Kier molecular flexibility index (Phi) is 6.34. The summed E-state index contributed by atoms with van der Waals surface area (Å²) in [5, 5.41) is 8.15. The van der Waals surface area contributed by atoms with Gasteiger partial charge < -0.3 is 14.2 Å². The van der Waals surface area contributed by atoms with Gasteiger partial charge in [0.05, 0.1) is 28.3 Å². The Bertz CT molecular complexity index is 1410. The van der Waals surface area contributed by atoms with E-state index in [0.29, 0.717) is 18.8 Å². The molecule has 1 unspecified atom stereocenters. The molecule has 3 aliphatic heterocycles. The minimum atomic E-state index is -0.378. The van der Waals surface area contributed by atoms with E-state index in [1.54, 1.807) is 0 Å². The van der Waals surface area contributed by atoms with Crippen LogP contribution in [-0.2, 0) is 25.9 Å². The predicted octanol–water partition coefficient (Wildman–Crippen LogP) is 3.78. The molecule has 39 heavy (non-hydrogen) atoms. The molecule has 4 heterocycles. The second-order valence-electron chi connectivity index (χ2n) is 12.2. The highest BCUT2D eigenvalue weighted by atomic mass is 16.7. The molecule has 204 valence electrons. The number of piperidine rings is 2. The smallest absolute Gasteiger partial charge is 0.399 e. The van der Waals surface area contributed by atoms with E-state index in [1.165, 1.54) is 11.3 Å². The van der Waals surface area contributed by atoms with Gasteiger partial charge in [0.15, 0.2) is 0 Å². The zero-order chi connectivity index (χ0) is 27.5. The lowest BCUT2D eigenvalue weighted by atomic mass is 9.79. The maximum atomic E-state index is 12.5. The number of amides is 2. The topological polar surface area (TPSA) is 85.7 Å². The minimum Gasteiger partial charge on any atom is -0.399 e. The van der Waals surface area contributed by atoms with Crippen molar-refractivity contribution in [2.24, 2.45) is 7.05 Å². The number of carbonyl (C=O) groups is 2. The van der Waals surface area contributed by atoms with Gasteiger partial charge in [-0.2, -0.15) is 5.10 Å². The molecule has 6 rings (SSSR count). The van der Waals surface area contributed by atoms with Gasteiger partial charge >= 0.3 is 7.12 Å². The molecular formula is C30H37BN4O4. The first-order valence-electron chi connectivity index (χ1n) is 14.0. The van der Waals surface area contributed by atoms with Crippen molar-refractivity contribution >= 4 is 41.0 Å². The van der Waals surface area contributed by atoms with Crippen LogP contribution in [0.4, 0.5) is 5.69 Å². The van der Waals surface area contributed by atoms with Crippen molar-refractivity contribution in [3.05, 3.63) is 53.7 Å². The van der Waals surface area contributed by atoms with Crippen molar-refractivity contribution < 1.29 is 18.9 Å². The molecule has 1 aromatic heterocycles. The number of hydrogen-bond acceptors (Lipinski definition) is 6. The number of nitrogens with one attached hydrogen (secondary N) is 1. The van der Waals surface area contributed by atoms with Crippen molar-refractivity contribution in [2.75, 3.05) is 18.0 Å². The summed E-state index contributed by atoms with van der Waals surface area (Å²) in [5.74, 6) is -0.349.